The molecule has 1 N–H and O–H groups in total. The van der Waals surface area contributed by atoms with E-state index in [9.17, 15) is 17.6 Å². The number of nitrogens with zero attached hydrogens (tertiary/aromatic N) is 4. The first-order valence-corrected chi connectivity index (χ1v) is 7.49. The number of rotatable bonds is 3. The summed E-state index contributed by atoms with van der Waals surface area (Å²) in [6.45, 7) is 0.126. The van der Waals surface area contributed by atoms with Gasteiger partial charge in [-0.05, 0) is 18.2 Å². The van der Waals surface area contributed by atoms with Gasteiger partial charge < -0.3 is 9.88 Å². The van der Waals surface area contributed by atoms with Crippen LogP contribution in [0, 0.1) is 5.82 Å². The first kappa shape index (κ1) is 16.6. The van der Waals surface area contributed by atoms with Gasteiger partial charge in [-0.2, -0.15) is 13.2 Å². The van der Waals surface area contributed by atoms with Crippen LogP contribution in [0.3, 0.4) is 0 Å². The van der Waals surface area contributed by atoms with Crippen LogP contribution in [-0.4, -0.2) is 19.7 Å². The fourth-order valence-electron chi connectivity index (χ4n) is 2.19. The molecule has 2 aromatic heterocycles. The average molecular weight is 404 g/mol. The van der Waals surface area contributed by atoms with Crippen molar-refractivity contribution in [2.24, 2.45) is 7.05 Å². The third kappa shape index (κ3) is 3.18. The first-order valence-electron chi connectivity index (χ1n) is 6.69. The SMILES string of the molecule is Cn1cnnc1CNc1cc(C(F)(F)F)nc2c(F)cc(Br)cc12. The fraction of sp³-hybridized carbons (Fsp3) is 0.214. The van der Waals surface area contributed by atoms with Crippen molar-refractivity contribution in [1.82, 2.24) is 19.7 Å². The van der Waals surface area contributed by atoms with Gasteiger partial charge in [0, 0.05) is 22.6 Å². The van der Waals surface area contributed by atoms with E-state index < -0.39 is 17.7 Å². The molecule has 0 saturated heterocycles. The summed E-state index contributed by atoms with van der Waals surface area (Å²) >= 11 is 3.13. The lowest BCUT2D eigenvalue weighted by molar-refractivity contribution is -0.140. The maximum atomic E-state index is 14.1. The second kappa shape index (κ2) is 6.00. The van der Waals surface area contributed by atoms with E-state index in [1.54, 1.807) is 11.6 Å². The van der Waals surface area contributed by atoms with E-state index in [1.807, 2.05) is 0 Å². The van der Waals surface area contributed by atoms with E-state index in [0.717, 1.165) is 12.1 Å². The highest BCUT2D eigenvalue weighted by Crippen LogP contribution is 2.35. The van der Waals surface area contributed by atoms with Crippen molar-refractivity contribution in [3.05, 3.63) is 46.3 Å². The number of aromatic nitrogens is 4. The molecule has 0 saturated carbocycles. The van der Waals surface area contributed by atoms with Gasteiger partial charge in [0.2, 0.25) is 0 Å². The van der Waals surface area contributed by atoms with E-state index in [-0.39, 0.29) is 23.1 Å². The number of halogens is 5. The summed E-state index contributed by atoms with van der Waals surface area (Å²) in [5.41, 5.74) is -1.42. The first-order chi connectivity index (χ1) is 11.3. The van der Waals surface area contributed by atoms with Crippen molar-refractivity contribution in [3.8, 4) is 0 Å². The predicted molar refractivity (Wildman–Crippen MR) is 82.7 cm³/mol. The highest BCUT2D eigenvalue weighted by atomic mass is 79.9. The summed E-state index contributed by atoms with van der Waals surface area (Å²) in [7, 11) is 1.71. The third-order valence-corrected chi connectivity index (χ3v) is 3.82. The van der Waals surface area contributed by atoms with E-state index >= 15 is 0 Å². The second-order valence-electron chi connectivity index (χ2n) is 5.05. The molecule has 0 aliphatic carbocycles. The van der Waals surface area contributed by atoms with Gasteiger partial charge in [0.25, 0.3) is 0 Å². The van der Waals surface area contributed by atoms with E-state index in [2.05, 4.69) is 36.4 Å². The molecule has 0 spiro atoms. The van der Waals surface area contributed by atoms with Gasteiger partial charge in [-0.1, -0.05) is 15.9 Å². The van der Waals surface area contributed by atoms with Gasteiger partial charge in [-0.25, -0.2) is 9.37 Å². The molecule has 2 heterocycles. The topological polar surface area (TPSA) is 55.6 Å². The molecule has 0 aliphatic rings. The molecule has 0 radical (unpaired) electrons. The Balaban J connectivity index is 2.11. The molecule has 0 fully saturated rings. The van der Waals surface area contributed by atoms with Crippen LogP contribution in [0.1, 0.15) is 11.5 Å². The minimum atomic E-state index is -4.69. The lowest BCUT2D eigenvalue weighted by Crippen LogP contribution is -2.11. The number of pyridine rings is 1. The van der Waals surface area contributed by atoms with E-state index in [1.165, 1.54) is 12.4 Å². The van der Waals surface area contributed by atoms with Crippen LogP contribution < -0.4 is 5.32 Å². The number of aryl methyl sites for hydroxylation is 1. The zero-order valence-corrected chi connectivity index (χ0v) is 13.8. The number of hydrogen-bond acceptors (Lipinski definition) is 4. The molecule has 0 unspecified atom stereocenters. The quantitative estimate of drug-likeness (QED) is 0.673. The van der Waals surface area contributed by atoms with Crippen molar-refractivity contribution in [2.45, 2.75) is 12.7 Å². The number of alkyl halides is 3. The Kier molecular flexibility index (Phi) is 4.16. The Morgan fingerprint density at radius 2 is 2.00 bits per heavy atom. The molecule has 0 aliphatic heterocycles. The maximum absolute atomic E-state index is 14.1. The van der Waals surface area contributed by atoms with Gasteiger partial charge in [0.15, 0.2) is 11.6 Å². The Hall–Kier alpha value is -2.23. The number of fused-ring (bicyclic) bond motifs is 1. The van der Waals surface area contributed by atoms with Gasteiger partial charge in [-0.15, -0.1) is 10.2 Å². The molecular formula is C14H10BrF4N5. The van der Waals surface area contributed by atoms with E-state index in [0.29, 0.717) is 10.3 Å². The minimum Gasteiger partial charge on any atom is -0.377 e. The predicted octanol–water partition coefficient (Wildman–Crippen LogP) is 3.90. The Bertz CT molecular complexity index is 906. The maximum Gasteiger partial charge on any atom is 0.433 e. The molecule has 0 atom stereocenters. The average Bonchev–Trinajstić information content (AvgIpc) is 2.89. The molecule has 126 valence electrons. The zero-order valence-electron chi connectivity index (χ0n) is 12.2. The molecule has 5 nitrogen and oxygen atoms in total. The summed E-state index contributed by atoms with van der Waals surface area (Å²) in [6, 6.07) is 3.43. The minimum absolute atomic E-state index is 0.107. The van der Waals surface area contributed by atoms with Crippen molar-refractivity contribution in [3.63, 3.8) is 0 Å². The summed E-state index contributed by atoms with van der Waals surface area (Å²) in [5, 5.41) is 10.6. The number of anilines is 1. The van der Waals surface area contributed by atoms with E-state index in [4.69, 9.17) is 0 Å². The molecular weight excluding hydrogens is 394 g/mol. The van der Waals surface area contributed by atoms with Crippen LogP contribution in [0.2, 0.25) is 0 Å². The zero-order chi connectivity index (χ0) is 17.5. The van der Waals surface area contributed by atoms with Crippen LogP contribution in [0.15, 0.2) is 29.0 Å². The lowest BCUT2D eigenvalue weighted by atomic mass is 10.1. The largest absolute Gasteiger partial charge is 0.433 e. The van der Waals surface area contributed by atoms with Crippen LogP contribution >= 0.6 is 15.9 Å². The van der Waals surface area contributed by atoms with Crippen molar-refractivity contribution in [1.29, 1.82) is 0 Å². The van der Waals surface area contributed by atoms with Crippen LogP contribution in [0.5, 0.6) is 0 Å². The monoisotopic (exact) mass is 403 g/mol. The number of hydrogen-bond donors (Lipinski definition) is 1. The summed E-state index contributed by atoms with van der Waals surface area (Å²) in [5.74, 6) is -0.323. The van der Waals surface area contributed by atoms with Crippen LogP contribution in [0.4, 0.5) is 23.2 Å². The number of benzene rings is 1. The standard InChI is InChI=1S/C14H10BrF4N5/c1-24-6-21-23-12(24)5-20-10-4-11(14(17,18)19)22-13-8(10)2-7(15)3-9(13)16/h2-4,6H,5H2,1H3,(H,20,22). The normalized spacial score (nSPS) is 11.9. The fourth-order valence-corrected chi connectivity index (χ4v) is 2.61. The molecule has 0 bridgehead atoms. The van der Waals surface area contributed by atoms with Crippen molar-refractivity contribution >= 4 is 32.5 Å². The highest BCUT2D eigenvalue weighted by Gasteiger charge is 2.34. The lowest BCUT2D eigenvalue weighted by Gasteiger charge is -2.14. The van der Waals surface area contributed by atoms with Crippen LogP contribution in [0.25, 0.3) is 10.9 Å². The third-order valence-electron chi connectivity index (χ3n) is 3.36. The Labute approximate surface area is 141 Å². The van der Waals surface area contributed by atoms with Gasteiger partial charge in [0.1, 0.15) is 17.5 Å². The molecule has 3 aromatic rings. The molecule has 24 heavy (non-hydrogen) atoms. The van der Waals surface area contributed by atoms with Gasteiger partial charge in [-0.3, -0.25) is 0 Å². The molecule has 1 aromatic carbocycles. The molecule has 3 rings (SSSR count). The number of nitrogens with one attached hydrogen (secondary N) is 1. The van der Waals surface area contributed by atoms with Gasteiger partial charge >= 0.3 is 6.18 Å². The van der Waals surface area contributed by atoms with Gasteiger partial charge in [0.05, 0.1) is 6.54 Å². The second-order valence-corrected chi connectivity index (χ2v) is 5.96. The molecule has 0 amide bonds. The summed E-state index contributed by atoms with van der Waals surface area (Å²) < 4.78 is 55.2. The summed E-state index contributed by atoms with van der Waals surface area (Å²) in [4.78, 5) is 3.42. The van der Waals surface area contributed by atoms with Crippen LogP contribution in [-0.2, 0) is 19.8 Å². The Morgan fingerprint density at radius 3 is 2.62 bits per heavy atom. The highest BCUT2D eigenvalue weighted by molar-refractivity contribution is 9.10. The van der Waals surface area contributed by atoms with Crippen molar-refractivity contribution in [2.75, 3.05) is 5.32 Å². The van der Waals surface area contributed by atoms with Crippen molar-refractivity contribution < 1.29 is 17.6 Å². The smallest absolute Gasteiger partial charge is 0.377 e. The summed E-state index contributed by atoms with van der Waals surface area (Å²) in [6.07, 6.45) is -3.21. The Morgan fingerprint density at radius 1 is 1.25 bits per heavy atom. The molecule has 10 heteroatoms.